The van der Waals surface area contributed by atoms with E-state index in [-0.39, 0.29) is 24.3 Å². The van der Waals surface area contributed by atoms with Gasteiger partial charge in [0.2, 0.25) is 11.8 Å². The summed E-state index contributed by atoms with van der Waals surface area (Å²) in [4.78, 5) is 26.2. The molecule has 0 aromatic rings. The first kappa shape index (κ1) is 17.2. The van der Waals surface area contributed by atoms with E-state index in [0.717, 1.165) is 6.42 Å². The van der Waals surface area contributed by atoms with Gasteiger partial charge in [0.05, 0.1) is 13.2 Å². The summed E-state index contributed by atoms with van der Waals surface area (Å²) in [7, 11) is 0. The Morgan fingerprint density at radius 3 is 2.76 bits per heavy atom. The molecule has 4 N–H and O–H groups in total. The van der Waals surface area contributed by atoms with Gasteiger partial charge in [-0.1, -0.05) is 12.1 Å². The molecule has 1 unspecified atom stereocenters. The van der Waals surface area contributed by atoms with Crippen LogP contribution >= 0.6 is 0 Å². The van der Waals surface area contributed by atoms with Gasteiger partial charge in [-0.05, 0) is 20.3 Å². The maximum absolute atomic E-state index is 12.6. The fourth-order valence-corrected chi connectivity index (χ4v) is 2.02. The molecule has 8 nitrogen and oxygen atoms in total. The van der Waals surface area contributed by atoms with Crippen molar-refractivity contribution >= 4 is 17.6 Å². The molecule has 1 atom stereocenters. The minimum atomic E-state index is -1.19. The van der Waals surface area contributed by atoms with Gasteiger partial charge in [0, 0.05) is 13.1 Å². The smallest absolute Gasteiger partial charge is 0.245 e. The molecule has 0 aliphatic carbocycles. The highest BCUT2D eigenvalue weighted by atomic mass is 16.5. The van der Waals surface area contributed by atoms with Crippen LogP contribution in [0.5, 0.6) is 0 Å². The summed E-state index contributed by atoms with van der Waals surface area (Å²) >= 11 is 0. The van der Waals surface area contributed by atoms with Gasteiger partial charge in [-0.2, -0.15) is 0 Å². The second kappa shape index (κ2) is 7.26. The van der Waals surface area contributed by atoms with Crippen molar-refractivity contribution in [1.29, 1.82) is 0 Å². The van der Waals surface area contributed by atoms with E-state index < -0.39 is 11.5 Å². The third-order valence-electron chi connectivity index (χ3n) is 3.52. The Balaban J connectivity index is 2.91. The van der Waals surface area contributed by atoms with E-state index in [2.05, 4.69) is 10.5 Å². The number of nitrogens with one attached hydrogen (secondary N) is 1. The van der Waals surface area contributed by atoms with Gasteiger partial charge in [-0.3, -0.25) is 9.59 Å². The van der Waals surface area contributed by atoms with Crippen LogP contribution in [0, 0.1) is 5.41 Å². The zero-order valence-corrected chi connectivity index (χ0v) is 12.8. The molecule has 0 saturated carbocycles. The lowest BCUT2D eigenvalue weighted by molar-refractivity contribution is -0.152. The second-order valence-electron chi connectivity index (χ2n) is 5.49. The summed E-state index contributed by atoms with van der Waals surface area (Å²) in [5.74, 6) is -0.801. The van der Waals surface area contributed by atoms with Gasteiger partial charge in [0.15, 0.2) is 5.84 Å². The molecule has 0 aromatic carbocycles. The van der Waals surface area contributed by atoms with Crippen molar-refractivity contribution in [3.63, 3.8) is 0 Å². The number of nitrogens with zero attached hydrogens (tertiary/aromatic N) is 2. The first-order valence-electron chi connectivity index (χ1n) is 7.00. The molecule has 1 aliphatic heterocycles. The summed E-state index contributed by atoms with van der Waals surface area (Å²) in [5.41, 5.74) is 4.40. The Morgan fingerprint density at radius 1 is 1.52 bits per heavy atom. The number of amides is 2. The molecular formula is C13H24N4O4. The van der Waals surface area contributed by atoms with Crippen molar-refractivity contribution in [2.75, 3.05) is 26.3 Å². The maximum Gasteiger partial charge on any atom is 0.245 e. The summed E-state index contributed by atoms with van der Waals surface area (Å²) < 4.78 is 5.30. The number of oxime groups is 1. The van der Waals surface area contributed by atoms with Crippen LogP contribution < -0.4 is 11.1 Å². The highest BCUT2D eigenvalue weighted by Gasteiger charge is 2.42. The van der Waals surface area contributed by atoms with Gasteiger partial charge in [-0.25, -0.2) is 0 Å². The lowest BCUT2D eigenvalue weighted by Crippen LogP contribution is -2.60. The number of hydrogen-bond donors (Lipinski definition) is 3. The van der Waals surface area contributed by atoms with E-state index in [0.29, 0.717) is 19.7 Å². The summed E-state index contributed by atoms with van der Waals surface area (Å²) in [6.45, 7) is 6.40. The van der Waals surface area contributed by atoms with E-state index >= 15 is 0 Å². The number of carbonyl (C=O) groups excluding carboxylic acids is 2. The van der Waals surface area contributed by atoms with E-state index in [9.17, 15) is 9.59 Å². The maximum atomic E-state index is 12.6. The average Bonchev–Trinajstić information content (AvgIpc) is 2.50. The van der Waals surface area contributed by atoms with Crippen LogP contribution in [0.25, 0.3) is 0 Å². The summed E-state index contributed by atoms with van der Waals surface area (Å²) in [5, 5.41) is 14.5. The molecule has 120 valence electrons. The molecule has 1 heterocycles. The van der Waals surface area contributed by atoms with Crippen molar-refractivity contribution in [3.05, 3.63) is 0 Å². The van der Waals surface area contributed by atoms with E-state index in [4.69, 9.17) is 15.7 Å². The quantitative estimate of drug-likeness (QED) is 0.274. The van der Waals surface area contributed by atoms with Crippen LogP contribution in [0.15, 0.2) is 5.16 Å². The van der Waals surface area contributed by atoms with Gasteiger partial charge in [0.25, 0.3) is 0 Å². The standard InChI is InChI=1S/C13H24N4O4/c1-4-5-15-10(18)9-8-21-7-6-17(9)12(19)13(2,3)11(14)16-20/h9,20H,4-8H2,1-3H3,(H2,14,16)(H,15,18). The van der Waals surface area contributed by atoms with Crippen LogP contribution in [0.4, 0.5) is 0 Å². The molecule has 0 bridgehead atoms. The van der Waals surface area contributed by atoms with E-state index in [1.54, 1.807) is 13.8 Å². The Labute approximate surface area is 124 Å². The molecule has 21 heavy (non-hydrogen) atoms. The van der Waals surface area contributed by atoms with Crippen LogP contribution in [0.2, 0.25) is 0 Å². The average molecular weight is 300 g/mol. The first-order valence-corrected chi connectivity index (χ1v) is 7.00. The van der Waals surface area contributed by atoms with Crippen LogP contribution in [-0.2, 0) is 14.3 Å². The lowest BCUT2D eigenvalue weighted by atomic mass is 9.89. The molecule has 0 radical (unpaired) electrons. The molecule has 8 heteroatoms. The fraction of sp³-hybridized carbons (Fsp3) is 0.769. The largest absolute Gasteiger partial charge is 0.409 e. The number of carbonyl (C=O) groups is 2. The minimum Gasteiger partial charge on any atom is -0.409 e. The van der Waals surface area contributed by atoms with Gasteiger partial charge >= 0.3 is 0 Å². The first-order chi connectivity index (χ1) is 9.86. The Hall–Kier alpha value is -1.83. The number of morpholine rings is 1. The summed E-state index contributed by atoms with van der Waals surface area (Å²) in [6, 6.07) is -0.691. The highest BCUT2D eigenvalue weighted by Crippen LogP contribution is 2.22. The predicted octanol–water partition coefficient (Wildman–Crippen LogP) is -0.487. The molecular weight excluding hydrogens is 276 g/mol. The number of hydrogen-bond acceptors (Lipinski definition) is 5. The van der Waals surface area contributed by atoms with Crippen molar-refractivity contribution in [3.8, 4) is 0 Å². The van der Waals surface area contributed by atoms with Gasteiger partial charge < -0.3 is 25.9 Å². The van der Waals surface area contributed by atoms with Crippen LogP contribution in [-0.4, -0.2) is 60.1 Å². The third-order valence-corrected chi connectivity index (χ3v) is 3.52. The molecule has 0 spiro atoms. The molecule has 1 saturated heterocycles. The topological polar surface area (TPSA) is 117 Å². The number of rotatable bonds is 5. The van der Waals surface area contributed by atoms with Crippen LogP contribution in [0.1, 0.15) is 27.2 Å². The monoisotopic (exact) mass is 300 g/mol. The fourth-order valence-electron chi connectivity index (χ4n) is 2.02. The van der Waals surface area contributed by atoms with Crippen molar-refractivity contribution in [2.45, 2.75) is 33.2 Å². The normalized spacial score (nSPS) is 20.2. The second-order valence-corrected chi connectivity index (χ2v) is 5.49. The van der Waals surface area contributed by atoms with Crippen molar-refractivity contribution in [2.24, 2.45) is 16.3 Å². The molecule has 1 aliphatic rings. The predicted molar refractivity (Wildman–Crippen MR) is 76.8 cm³/mol. The molecule has 0 aromatic heterocycles. The Kier molecular flexibility index (Phi) is 5.95. The zero-order chi connectivity index (χ0) is 16.0. The van der Waals surface area contributed by atoms with E-state index in [1.165, 1.54) is 4.90 Å². The van der Waals surface area contributed by atoms with E-state index in [1.807, 2.05) is 6.92 Å². The van der Waals surface area contributed by atoms with Crippen molar-refractivity contribution < 1.29 is 19.5 Å². The molecule has 1 rings (SSSR count). The third kappa shape index (κ3) is 3.84. The van der Waals surface area contributed by atoms with Gasteiger partial charge in [-0.15, -0.1) is 0 Å². The molecule has 2 amide bonds. The van der Waals surface area contributed by atoms with Crippen molar-refractivity contribution in [1.82, 2.24) is 10.2 Å². The zero-order valence-electron chi connectivity index (χ0n) is 12.8. The highest BCUT2D eigenvalue weighted by molar-refractivity contribution is 6.07. The Morgan fingerprint density at radius 2 is 2.19 bits per heavy atom. The Bertz CT molecular complexity index is 422. The minimum absolute atomic E-state index is 0.146. The summed E-state index contributed by atoms with van der Waals surface area (Å²) in [6.07, 6.45) is 0.808. The lowest BCUT2D eigenvalue weighted by Gasteiger charge is -2.38. The number of amidine groups is 1. The van der Waals surface area contributed by atoms with Crippen LogP contribution in [0.3, 0.4) is 0 Å². The SMILES string of the molecule is CCCNC(=O)C1COCCN1C(=O)C(C)(C)C(N)=NO. The number of ether oxygens (including phenoxy) is 1. The number of nitrogens with two attached hydrogens (primary N) is 1. The van der Waals surface area contributed by atoms with Gasteiger partial charge in [0.1, 0.15) is 11.5 Å². The molecule has 1 fully saturated rings.